The van der Waals surface area contributed by atoms with E-state index < -0.39 is 256 Å². The van der Waals surface area contributed by atoms with Crippen molar-refractivity contribution < 1.29 is 155 Å². The van der Waals surface area contributed by atoms with Gasteiger partial charge >= 0.3 is 58.6 Å². The summed E-state index contributed by atoms with van der Waals surface area (Å²) in [7, 11) is -4.02. The Balaban J connectivity index is 0.911. The lowest BCUT2D eigenvalue weighted by Crippen LogP contribution is -2.42. The minimum absolute atomic E-state index is 0.0114. The SMILES string of the molecule is COCCOC1[C@@H](O)[C@@H](COP(O)(=S)O[C@@H]2C(OCCOC)[C@H](n3cc(C)c(=O)[nH]c3=O)O[C@@H]2COP(O)(=S)O[C@@H]2C(OCCOC)[C@H](n3cc(C)c(=O)[nH]c3=O)O[C@@H]2COP(=O)(O)O[C@@H]2C(OCCOC)[C@H](n3cnc4c(=O)[nH]c(N)nc43)O[C@@H]2COP(=O)(O)O[C@@H]2C(OCCOC)[C@H](n3cc(C)c(=O)[nH]c3=O)O[C@@H]2COP(O)(=S)OC)O[C@H]1n1cc(C)c(N)nc1=O. The number of fused-ring (bicyclic) bond motifs is 1. The molecule has 6 aromatic rings. The number of hydrogen-bond donors (Lipinski definition) is 12. The van der Waals surface area contributed by atoms with Crippen LogP contribution in [0.5, 0.6) is 0 Å². The molecule has 5 saturated heterocycles. The van der Waals surface area contributed by atoms with Crippen LogP contribution in [0.4, 0.5) is 11.8 Å². The summed E-state index contributed by atoms with van der Waals surface area (Å²) in [6.07, 6.45) is -29.0. The van der Waals surface area contributed by atoms with Gasteiger partial charge in [-0.3, -0.25) is 89.1 Å². The Kier molecular flexibility index (Phi) is 36.2. The molecule has 722 valence electrons. The second kappa shape index (κ2) is 45.1. The molecule has 25 atom stereocenters. The lowest BCUT2D eigenvalue weighted by atomic mass is 10.1. The maximum absolute atomic E-state index is 15.2. The number of anilines is 2. The number of phosphoric ester groups is 2. The van der Waals surface area contributed by atoms with E-state index in [1.807, 2.05) is 0 Å². The van der Waals surface area contributed by atoms with Crippen LogP contribution in [0.1, 0.15) is 53.4 Å². The number of methoxy groups -OCH3 is 5. The Morgan fingerprint density at radius 3 is 1.09 bits per heavy atom. The van der Waals surface area contributed by atoms with Gasteiger partial charge in [-0.1, -0.05) is 0 Å². The van der Waals surface area contributed by atoms with Crippen molar-refractivity contribution in [3.63, 3.8) is 0 Å². The van der Waals surface area contributed by atoms with Gasteiger partial charge in [0.1, 0.15) is 97.4 Å². The number of aromatic nitrogens is 12. The number of nitrogens with one attached hydrogen (secondary N) is 4. The van der Waals surface area contributed by atoms with Crippen LogP contribution in [0.3, 0.4) is 0 Å². The van der Waals surface area contributed by atoms with Crippen LogP contribution >= 0.6 is 35.8 Å². The molecule has 0 aromatic carbocycles. The molecule has 11 heterocycles. The molecule has 0 amide bonds. The number of aliphatic hydroxyl groups is 1. The molecule has 0 spiro atoms. The zero-order valence-electron chi connectivity index (χ0n) is 70.2. The quantitative estimate of drug-likeness (QED) is 0.0131. The van der Waals surface area contributed by atoms with Crippen LogP contribution in [0.25, 0.3) is 11.2 Å². The second-order valence-electron chi connectivity index (χ2n) is 29.0. The Hall–Kier alpha value is -5.96. The summed E-state index contributed by atoms with van der Waals surface area (Å²) in [5.41, 5.74) is 4.06. The smallest absolute Gasteiger partial charge is 0.387 e. The third-order valence-electron chi connectivity index (χ3n) is 20.1. The average Bonchev–Trinajstić information content (AvgIpc) is 1.61. The molecule has 6 aromatic heterocycles. The van der Waals surface area contributed by atoms with E-state index in [4.69, 9.17) is 163 Å². The fourth-order valence-corrected chi connectivity index (χ4v) is 19.3. The minimum atomic E-state index is -5.93. The summed E-state index contributed by atoms with van der Waals surface area (Å²) in [5, 5.41) is 11.8. The molecule has 129 heavy (non-hydrogen) atoms. The van der Waals surface area contributed by atoms with Crippen molar-refractivity contribution in [1.82, 2.24) is 57.7 Å². The summed E-state index contributed by atoms with van der Waals surface area (Å²) in [5.74, 6) is -0.534. The molecule has 5 aliphatic rings. The maximum atomic E-state index is 15.2. The van der Waals surface area contributed by atoms with Crippen molar-refractivity contribution in [3.05, 3.63) is 137 Å². The first-order chi connectivity index (χ1) is 61.1. The van der Waals surface area contributed by atoms with Crippen molar-refractivity contribution in [2.75, 3.05) is 153 Å². The van der Waals surface area contributed by atoms with Gasteiger partial charge in [-0.15, -0.1) is 0 Å². The van der Waals surface area contributed by atoms with E-state index in [0.717, 1.165) is 54.9 Å². The summed E-state index contributed by atoms with van der Waals surface area (Å²) in [6.45, 7) is -15.7. The standard InChI is InChI=1S/C66H99N14O41P5S3/c1-31-21-76(63(86)70-51(31)67)57-46(103-16-11-97-5)41(81)35(113-57)25-111-125(95,128)121-45-39(116-60(50(45)107-20-15-101-9)79-24-34(4)55(84)75-66(79)89)29-112-126(96,129)120-44-37(114-59(49(44)106-19-14-100-8)78-23-33(3)54(83)74-65(78)88)27-109-123(92,93)118-42-36(117-61(48(42)105-18-13-99-7)80-30-69-40-52(80)71-62(68)72-56(40)85)26-108-122(90,91)119-43-38(28-110-124(94,127)102-10)115-58(47(43)104-17-12-98-6)77-22-32(2)53(82)73-64(77)87/h21-24,30,35-39,41-50,57-61,81H,11-20,25-29H2,1-10H3,(H,90,91)(H,92,93)(H,94,127)(H,95,128)(H,96,129)(H2,67,70,86)(H,73,82,87)(H,74,83,88)(H,75,84,89)(H3,68,71,72,85)/t35-,36-,37-,38-,39-,41+,42+,43+,44+,45+,46?,47?,48?,49?,50?,57-,58-,59-,60-,61-,124?,125?,126?/m1/s1. The highest BCUT2D eigenvalue weighted by atomic mass is 32.5. The van der Waals surface area contributed by atoms with Crippen molar-refractivity contribution in [1.29, 1.82) is 0 Å². The second-order valence-corrected chi connectivity index (χ2v) is 40.3. The molecule has 14 N–H and O–H groups in total. The number of nitrogens with two attached hydrogens (primary N) is 2. The van der Waals surface area contributed by atoms with Gasteiger partial charge in [-0.25, -0.2) is 33.3 Å². The normalized spacial score (nSPS) is 28.9. The van der Waals surface area contributed by atoms with E-state index in [2.05, 4.69) is 34.9 Å². The van der Waals surface area contributed by atoms with Gasteiger partial charge in [0.2, 0.25) is 5.95 Å². The predicted octanol–water partition coefficient (Wildman–Crippen LogP) is -3.45. The molecule has 11 rings (SSSR count). The molecule has 5 fully saturated rings. The molecule has 0 bridgehead atoms. The molecular weight excluding hydrogens is 1900 g/mol. The van der Waals surface area contributed by atoms with Gasteiger partial charge in [0.05, 0.1) is 105 Å². The maximum Gasteiger partial charge on any atom is 0.472 e. The van der Waals surface area contributed by atoms with Gasteiger partial charge in [0.15, 0.2) is 42.3 Å². The molecular formula is C66H99N14O41P5S3. The average molecular weight is 2000 g/mol. The van der Waals surface area contributed by atoms with E-state index in [0.29, 0.717) is 5.56 Å². The fraction of sp³-hybridized carbons (Fsp3) is 0.682. The number of aromatic amines is 4. The number of aliphatic hydroxyl groups excluding tert-OH is 1. The van der Waals surface area contributed by atoms with Gasteiger partial charge in [0, 0.05) is 89.7 Å². The number of H-pyrrole nitrogens is 4. The number of ether oxygens (including phenoxy) is 15. The molecule has 10 unspecified atom stereocenters. The van der Waals surface area contributed by atoms with Crippen LogP contribution < -0.4 is 56.5 Å². The molecule has 0 radical (unpaired) electrons. The zero-order valence-corrected chi connectivity index (χ0v) is 77.1. The van der Waals surface area contributed by atoms with Gasteiger partial charge < -0.3 is 130 Å². The Morgan fingerprint density at radius 1 is 0.395 bits per heavy atom. The Labute approximate surface area is 743 Å². The van der Waals surface area contributed by atoms with Gasteiger partial charge in [-0.05, 0) is 63.1 Å². The van der Waals surface area contributed by atoms with Crippen LogP contribution in [-0.4, -0.2) is 321 Å². The monoisotopic (exact) mass is 1990 g/mol. The number of phosphoric acid groups is 2. The number of aryl methyl sites for hydroxylation is 4. The van der Waals surface area contributed by atoms with Gasteiger partial charge in [0.25, 0.3) is 22.2 Å². The zero-order chi connectivity index (χ0) is 93.9. The number of rotatable bonds is 49. The van der Waals surface area contributed by atoms with Crippen LogP contribution in [-0.2, 0) is 161 Å². The van der Waals surface area contributed by atoms with Crippen molar-refractivity contribution >= 4 is 94.2 Å². The molecule has 0 aliphatic carbocycles. The number of nitrogen functional groups attached to an aromatic ring is 2. The number of nitrogens with zero attached hydrogens (tertiary/aromatic N) is 8. The molecule has 0 saturated carbocycles. The highest BCUT2D eigenvalue weighted by molar-refractivity contribution is 8.07. The highest BCUT2D eigenvalue weighted by Gasteiger charge is 2.58. The van der Waals surface area contributed by atoms with E-state index in [-0.39, 0.29) is 86.5 Å². The van der Waals surface area contributed by atoms with Crippen molar-refractivity contribution in [2.24, 2.45) is 0 Å². The van der Waals surface area contributed by atoms with Gasteiger partial charge in [-0.2, -0.15) is 9.97 Å². The van der Waals surface area contributed by atoms with Crippen LogP contribution in [0.15, 0.2) is 69.5 Å². The first-order valence-electron chi connectivity index (χ1n) is 38.7. The summed E-state index contributed by atoms with van der Waals surface area (Å²) >= 11 is 16.4. The number of hydrogen-bond acceptors (Lipinski definition) is 44. The summed E-state index contributed by atoms with van der Waals surface area (Å²) in [6, 6.07) is 0. The van der Waals surface area contributed by atoms with E-state index in [1.165, 1.54) is 62.5 Å². The predicted molar refractivity (Wildman–Crippen MR) is 447 cm³/mol. The van der Waals surface area contributed by atoms with Crippen molar-refractivity contribution in [3.8, 4) is 0 Å². The number of imidazole rings is 1. The first-order valence-corrected chi connectivity index (χ1v) is 49.5. The molecule has 63 heteroatoms. The summed E-state index contributed by atoms with van der Waals surface area (Å²) < 4.78 is 181. The van der Waals surface area contributed by atoms with E-state index in [9.17, 15) is 72.5 Å². The lowest BCUT2D eigenvalue weighted by molar-refractivity contribution is -0.0843. The third-order valence-corrected chi connectivity index (χ3v) is 26.9. The highest BCUT2D eigenvalue weighted by Crippen LogP contribution is 2.57. The van der Waals surface area contributed by atoms with E-state index >= 15 is 4.57 Å². The summed E-state index contributed by atoms with van der Waals surface area (Å²) in [4.78, 5) is 187. The lowest BCUT2D eigenvalue weighted by Gasteiger charge is -2.30. The minimum Gasteiger partial charge on any atom is -0.387 e. The van der Waals surface area contributed by atoms with Crippen LogP contribution in [0.2, 0.25) is 0 Å². The Morgan fingerprint density at radius 2 is 0.713 bits per heavy atom. The first kappa shape index (κ1) is 104. The topological polar surface area (TPSA) is 701 Å². The fourth-order valence-electron chi connectivity index (χ4n) is 13.9. The van der Waals surface area contributed by atoms with E-state index in [1.54, 1.807) is 6.92 Å². The molecule has 5 aliphatic heterocycles. The van der Waals surface area contributed by atoms with Crippen molar-refractivity contribution in [2.45, 2.75) is 150 Å². The largest absolute Gasteiger partial charge is 0.472 e. The third kappa shape index (κ3) is 25.8. The Bertz CT molecular complexity index is 5630. The van der Waals surface area contributed by atoms with Crippen LogP contribution in [0, 0.1) is 27.7 Å². The molecule has 55 nitrogen and oxygen atoms in total.